The second kappa shape index (κ2) is 13.5. The van der Waals surface area contributed by atoms with Crippen molar-refractivity contribution >= 4 is 40.1 Å². The smallest absolute Gasteiger partial charge is 0.336 e. The molecule has 0 saturated carbocycles. The molecule has 1 atom stereocenters. The van der Waals surface area contributed by atoms with E-state index in [-0.39, 0.29) is 12.0 Å². The molecule has 232 valence electrons. The topological polar surface area (TPSA) is 78.8 Å². The van der Waals surface area contributed by atoms with Crippen LogP contribution in [0.25, 0.3) is 10.9 Å². The number of rotatable bonds is 11. The largest absolute Gasteiger partial charge is 0.497 e. The normalized spacial score (nSPS) is 12.5. The van der Waals surface area contributed by atoms with E-state index in [0.717, 1.165) is 33.4 Å². The molecule has 0 amide bonds. The predicted octanol–water partition coefficient (Wildman–Crippen LogP) is 8.20. The molecule has 0 aliphatic heterocycles. The van der Waals surface area contributed by atoms with E-state index in [0.29, 0.717) is 34.9 Å². The highest BCUT2D eigenvalue weighted by molar-refractivity contribution is 6.30. The number of methoxy groups -OCH3 is 2. The zero-order valence-corrected chi connectivity index (χ0v) is 26.9. The molecule has 4 aromatic carbocycles. The van der Waals surface area contributed by atoms with E-state index in [1.807, 2.05) is 93.6 Å². The van der Waals surface area contributed by atoms with Gasteiger partial charge in [-0.3, -0.25) is 9.36 Å². The van der Waals surface area contributed by atoms with Crippen LogP contribution in [0, 0.1) is 6.92 Å². The first-order chi connectivity index (χ1) is 21.7. The SMILES string of the molecule is COc1ccc(N[C@](CCc2c(C)n(C(=O)c3ccc(Cl)cc3)c3ccc(OC)cc23)(C(=O)OC(C)C)c2ccccc2)cc1. The number of carbonyl (C=O) groups excluding carboxylic acids is 2. The van der Waals surface area contributed by atoms with Gasteiger partial charge in [-0.2, -0.15) is 0 Å². The summed E-state index contributed by atoms with van der Waals surface area (Å²) in [5.41, 5.74) is 3.23. The van der Waals surface area contributed by atoms with E-state index >= 15 is 0 Å². The lowest BCUT2D eigenvalue weighted by Gasteiger charge is -2.35. The standard InChI is InChI=1S/C37H37ClN2O5/c1-24(2)45-36(42)37(27-9-7-6-8-10-27,39-29-15-17-30(43-4)18-16-29)22-21-32-25(3)40(34-20-19-31(44-5)23-33(32)34)35(41)26-11-13-28(38)14-12-26/h6-20,23-24,39H,21-22H2,1-5H3/t37-/m0/s1. The Labute approximate surface area is 268 Å². The maximum absolute atomic E-state index is 14.2. The van der Waals surface area contributed by atoms with Gasteiger partial charge >= 0.3 is 5.97 Å². The number of carbonyl (C=O) groups is 2. The lowest BCUT2D eigenvalue weighted by Crippen LogP contribution is -2.46. The first-order valence-corrected chi connectivity index (χ1v) is 15.2. The van der Waals surface area contributed by atoms with Crippen molar-refractivity contribution in [2.75, 3.05) is 19.5 Å². The fourth-order valence-electron chi connectivity index (χ4n) is 5.71. The Morgan fingerprint density at radius 3 is 2.13 bits per heavy atom. The zero-order valence-electron chi connectivity index (χ0n) is 26.1. The highest BCUT2D eigenvalue weighted by Gasteiger charge is 2.42. The summed E-state index contributed by atoms with van der Waals surface area (Å²) in [6.07, 6.45) is 0.450. The lowest BCUT2D eigenvalue weighted by molar-refractivity contribution is -0.153. The fraction of sp³-hybridized carbons (Fsp3) is 0.243. The number of ether oxygens (including phenoxy) is 3. The molecule has 8 heteroatoms. The van der Waals surface area contributed by atoms with Crippen LogP contribution in [0.3, 0.4) is 0 Å². The number of halogens is 1. The Morgan fingerprint density at radius 1 is 0.867 bits per heavy atom. The van der Waals surface area contributed by atoms with E-state index in [4.69, 9.17) is 25.8 Å². The summed E-state index contributed by atoms with van der Waals surface area (Å²) in [5.74, 6) is 0.814. The van der Waals surface area contributed by atoms with Crippen molar-refractivity contribution in [3.8, 4) is 11.5 Å². The summed E-state index contributed by atoms with van der Waals surface area (Å²) in [7, 11) is 3.23. The maximum Gasteiger partial charge on any atom is 0.336 e. The molecule has 0 radical (unpaired) electrons. The molecule has 45 heavy (non-hydrogen) atoms. The molecule has 0 spiro atoms. The van der Waals surface area contributed by atoms with Gasteiger partial charge in [-0.1, -0.05) is 41.9 Å². The molecule has 0 fully saturated rings. The van der Waals surface area contributed by atoms with Crippen LogP contribution in [0.5, 0.6) is 11.5 Å². The van der Waals surface area contributed by atoms with Gasteiger partial charge in [-0.05, 0) is 111 Å². The molecule has 0 aliphatic rings. The molecule has 0 unspecified atom stereocenters. The summed E-state index contributed by atoms with van der Waals surface area (Å²) >= 11 is 6.11. The summed E-state index contributed by atoms with van der Waals surface area (Å²) < 4.78 is 18.6. The van der Waals surface area contributed by atoms with Crippen LogP contribution in [0.1, 0.15) is 47.4 Å². The number of nitrogens with one attached hydrogen (secondary N) is 1. The average molecular weight is 625 g/mol. The molecule has 0 bridgehead atoms. The van der Waals surface area contributed by atoms with Gasteiger partial charge in [0.05, 0.1) is 25.8 Å². The first-order valence-electron chi connectivity index (χ1n) is 14.8. The van der Waals surface area contributed by atoms with Gasteiger partial charge in [0.1, 0.15) is 11.5 Å². The first kappa shape index (κ1) is 31.7. The van der Waals surface area contributed by atoms with Crippen LogP contribution in [0.2, 0.25) is 5.02 Å². The number of anilines is 1. The van der Waals surface area contributed by atoms with Gasteiger partial charge in [0.15, 0.2) is 5.54 Å². The number of hydrogen-bond acceptors (Lipinski definition) is 6. The highest BCUT2D eigenvalue weighted by atomic mass is 35.5. The van der Waals surface area contributed by atoms with Crippen LogP contribution in [-0.2, 0) is 21.5 Å². The van der Waals surface area contributed by atoms with Crippen molar-refractivity contribution < 1.29 is 23.8 Å². The van der Waals surface area contributed by atoms with Gasteiger partial charge in [0.2, 0.25) is 0 Å². The molecular formula is C37H37ClN2O5. The van der Waals surface area contributed by atoms with Gasteiger partial charge in [0, 0.05) is 27.4 Å². The monoisotopic (exact) mass is 624 g/mol. The third kappa shape index (κ3) is 6.54. The van der Waals surface area contributed by atoms with Crippen molar-refractivity contribution in [3.63, 3.8) is 0 Å². The molecular weight excluding hydrogens is 588 g/mol. The van der Waals surface area contributed by atoms with Crippen molar-refractivity contribution in [3.05, 3.63) is 124 Å². The number of hydrogen-bond donors (Lipinski definition) is 1. The minimum absolute atomic E-state index is 0.171. The molecule has 0 saturated heterocycles. The van der Waals surface area contributed by atoms with Crippen LogP contribution < -0.4 is 14.8 Å². The molecule has 5 aromatic rings. The van der Waals surface area contributed by atoms with Crippen LogP contribution in [0.4, 0.5) is 5.69 Å². The van der Waals surface area contributed by atoms with Gasteiger partial charge in [-0.15, -0.1) is 0 Å². The number of aromatic nitrogens is 1. The second-order valence-corrected chi connectivity index (χ2v) is 11.6. The summed E-state index contributed by atoms with van der Waals surface area (Å²) in [4.78, 5) is 28.1. The fourth-order valence-corrected chi connectivity index (χ4v) is 5.83. The van der Waals surface area contributed by atoms with Crippen molar-refractivity contribution in [1.29, 1.82) is 0 Å². The number of esters is 1. The number of aryl methyl sites for hydroxylation is 1. The predicted molar refractivity (Wildman–Crippen MR) is 179 cm³/mol. The number of benzene rings is 4. The Morgan fingerprint density at radius 2 is 1.51 bits per heavy atom. The quantitative estimate of drug-likeness (QED) is 0.149. The maximum atomic E-state index is 14.2. The Bertz CT molecular complexity index is 1800. The zero-order chi connectivity index (χ0) is 32.1. The number of nitrogens with zero attached hydrogens (tertiary/aromatic N) is 1. The second-order valence-electron chi connectivity index (χ2n) is 11.2. The molecule has 1 heterocycles. The van der Waals surface area contributed by atoms with Gasteiger partial charge < -0.3 is 19.5 Å². The number of fused-ring (bicyclic) bond motifs is 1. The van der Waals surface area contributed by atoms with Crippen molar-refractivity contribution in [2.24, 2.45) is 0 Å². The Hall–Kier alpha value is -4.75. The third-order valence-electron chi connectivity index (χ3n) is 7.99. The van der Waals surface area contributed by atoms with E-state index in [1.54, 1.807) is 43.1 Å². The van der Waals surface area contributed by atoms with Crippen LogP contribution in [0.15, 0.2) is 97.1 Å². The molecule has 0 aliphatic carbocycles. The van der Waals surface area contributed by atoms with E-state index in [9.17, 15) is 9.59 Å². The van der Waals surface area contributed by atoms with E-state index in [2.05, 4.69) is 5.32 Å². The molecule has 5 rings (SSSR count). The third-order valence-corrected chi connectivity index (χ3v) is 8.24. The van der Waals surface area contributed by atoms with Crippen LogP contribution in [-0.4, -0.2) is 36.8 Å². The van der Waals surface area contributed by atoms with Crippen molar-refractivity contribution in [1.82, 2.24) is 4.57 Å². The minimum atomic E-state index is -1.25. The average Bonchev–Trinajstić information content (AvgIpc) is 3.33. The minimum Gasteiger partial charge on any atom is -0.497 e. The molecule has 1 aromatic heterocycles. The summed E-state index contributed by atoms with van der Waals surface area (Å²) in [6, 6.07) is 29.6. The summed E-state index contributed by atoms with van der Waals surface area (Å²) in [5, 5.41) is 4.97. The van der Waals surface area contributed by atoms with E-state index in [1.165, 1.54) is 0 Å². The lowest BCUT2D eigenvalue weighted by atomic mass is 9.83. The Balaban J connectivity index is 1.64. The molecule has 1 N–H and O–H groups in total. The summed E-state index contributed by atoms with van der Waals surface area (Å²) in [6.45, 7) is 5.62. The Kier molecular flexibility index (Phi) is 9.49. The molecule has 7 nitrogen and oxygen atoms in total. The van der Waals surface area contributed by atoms with Gasteiger partial charge in [-0.25, -0.2) is 4.79 Å². The van der Waals surface area contributed by atoms with Gasteiger partial charge in [0.25, 0.3) is 5.91 Å². The van der Waals surface area contributed by atoms with Crippen LogP contribution >= 0.6 is 11.6 Å². The van der Waals surface area contributed by atoms with Crippen molar-refractivity contribution in [2.45, 2.75) is 45.3 Å². The highest BCUT2D eigenvalue weighted by Crippen LogP contribution is 2.37. The van der Waals surface area contributed by atoms with E-state index < -0.39 is 11.5 Å².